The van der Waals surface area contributed by atoms with E-state index in [0.29, 0.717) is 12.1 Å². The molecule has 1 unspecified atom stereocenters. The van der Waals surface area contributed by atoms with Gasteiger partial charge in [-0.3, -0.25) is 4.90 Å². The van der Waals surface area contributed by atoms with Gasteiger partial charge in [-0.05, 0) is 38.6 Å². The summed E-state index contributed by atoms with van der Waals surface area (Å²) in [7, 11) is 2.23. The summed E-state index contributed by atoms with van der Waals surface area (Å²) in [5.41, 5.74) is 0. The van der Waals surface area contributed by atoms with E-state index in [9.17, 15) is 0 Å². The van der Waals surface area contributed by atoms with Crippen LogP contribution in [-0.2, 0) is 13.1 Å². The highest BCUT2D eigenvalue weighted by Crippen LogP contribution is 2.17. The number of nitrogens with zero attached hydrogens (tertiary/aromatic N) is 2. The maximum atomic E-state index is 5.98. The molecule has 120 valence electrons. The van der Waals surface area contributed by atoms with Gasteiger partial charge in [-0.2, -0.15) is 0 Å². The lowest BCUT2D eigenvalue weighted by Crippen LogP contribution is -2.39. The molecule has 0 amide bonds. The van der Waals surface area contributed by atoms with Crippen LogP contribution >= 0.6 is 0 Å². The maximum Gasteiger partial charge on any atom is 0.118 e. The molecule has 2 rings (SSSR count). The lowest BCUT2D eigenvalue weighted by Gasteiger charge is -2.29. The number of hydrogen-bond acceptors (Lipinski definition) is 4. The Labute approximate surface area is 129 Å². The Kier molecular flexibility index (Phi) is 6.27. The molecule has 0 bridgehead atoms. The van der Waals surface area contributed by atoms with Crippen LogP contribution in [0.25, 0.3) is 0 Å². The van der Waals surface area contributed by atoms with Gasteiger partial charge in [-0.1, -0.05) is 20.8 Å². The summed E-state index contributed by atoms with van der Waals surface area (Å²) in [6, 6.07) is 5.37. The fourth-order valence-electron chi connectivity index (χ4n) is 3.00. The van der Waals surface area contributed by atoms with Crippen LogP contribution in [0.5, 0.6) is 0 Å². The molecule has 1 aromatic rings. The van der Waals surface area contributed by atoms with E-state index in [1.54, 1.807) is 0 Å². The van der Waals surface area contributed by atoms with E-state index in [-0.39, 0.29) is 0 Å². The first-order valence-electron chi connectivity index (χ1n) is 8.32. The van der Waals surface area contributed by atoms with Crippen molar-refractivity contribution in [3.8, 4) is 0 Å². The average molecular weight is 293 g/mol. The van der Waals surface area contributed by atoms with Crippen LogP contribution in [0, 0.1) is 0 Å². The summed E-state index contributed by atoms with van der Waals surface area (Å²) in [6.45, 7) is 11.9. The van der Waals surface area contributed by atoms with Crippen LogP contribution in [0.3, 0.4) is 0 Å². The minimum atomic E-state index is 0.490. The van der Waals surface area contributed by atoms with E-state index in [0.717, 1.165) is 24.6 Å². The highest BCUT2D eigenvalue weighted by atomic mass is 16.3. The molecule has 1 aliphatic heterocycles. The van der Waals surface area contributed by atoms with E-state index in [2.05, 4.69) is 55.1 Å². The van der Waals surface area contributed by atoms with Crippen LogP contribution in [0.1, 0.15) is 45.1 Å². The second-order valence-electron chi connectivity index (χ2n) is 6.55. The largest absolute Gasteiger partial charge is 0.463 e. The van der Waals surface area contributed by atoms with E-state index < -0.39 is 0 Å². The minimum Gasteiger partial charge on any atom is -0.463 e. The molecule has 1 N–H and O–H groups in total. The highest BCUT2D eigenvalue weighted by molar-refractivity contribution is 5.07. The molecule has 0 spiro atoms. The Morgan fingerprint density at radius 3 is 2.76 bits per heavy atom. The quantitative estimate of drug-likeness (QED) is 0.874. The normalized spacial score (nSPS) is 21.9. The van der Waals surface area contributed by atoms with Crippen molar-refractivity contribution in [2.24, 2.45) is 0 Å². The van der Waals surface area contributed by atoms with Gasteiger partial charge in [-0.25, -0.2) is 0 Å². The van der Waals surface area contributed by atoms with Crippen molar-refractivity contribution in [1.29, 1.82) is 0 Å². The van der Waals surface area contributed by atoms with Crippen molar-refractivity contribution >= 4 is 0 Å². The van der Waals surface area contributed by atoms with Crippen molar-refractivity contribution < 1.29 is 4.42 Å². The van der Waals surface area contributed by atoms with Gasteiger partial charge in [0.25, 0.3) is 0 Å². The van der Waals surface area contributed by atoms with E-state index in [4.69, 9.17) is 4.42 Å². The molecular formula is C17H31N3O. The fourth-order valence-corrected chi connectivity index (χ4v) is 3.00. The van der Waals surface area contributed by atoms with Gasteiger partial charge in [0.15, 0.2) is 0 Å². The van der Waals surface area contributed by atoms with Crippen LogP contribution < -0.4 is 5.32 Å². The second-order valence-corrected chi connectivity index (χ2v) is 6.55. The lowest BCUT2D eigenvalue weighted by atomic mass is 10.2. The van der Waals surface area contributed by atoms with Gasteiger partial charge in [-0.15, -0.1) is 0 Å². The molecule has 1 aliphatic rings. The molecule has 4 heteroatoms. The van der Waals surface area contributed by atoms with Crippen LogP contribution in [0.4, 0.5) is 0 Å². The maximum absolute atomic E-state index is 5.98. The topological polar surface area (TPSA) is 31.6 Å². The van der Waals surface area contributed by atoms with E-state index >= 15 is 0 Å². The van der Waals surface area contributed by atoms with Crippen molar-refractivity contribution in [2.45, 2.75) is 58.8 Å². The number of nitrogens with one attached hydrogen (secondary N) is 1. The van der Waals surface area contributed by atoms with E-state index in [1.807, 2.05) is 0 Å². The minimum absolute atomic E-state index is 0.490. The van der Waals surface area contributed by atoms with Crippen LogP contribution in [0.15, 0.2) is 16.5 Å². The van der Waals surface area contributed by atoms with Crippen molar-refractivity contribution in [3.05, 3.63) is 23.7 Å². The zero-order chi connectivity index (χ0) is 15.2. The summed E-state index contributed by atoms with van der Waals surface area (Å²) >= 11 is 0. The van der Waals surface area contributed by atoms with Gasteiger partial charge in [0.2, 0.25) is 0 Å². The molecule has 1 aromatic heterocycles. The summed E-state index contributed by atoms with van der Waals surface area (Å²) in [5.74, 6) is 2.14. The zero-order valence-corrected chi connectivity index (χ0v) is 14.1. The fraction of sp³-hybridized carbons (Fsp3) is 0.765. The zero-order valence-electron chi connectivity index (χ0n) is 14.1. The summed E-state index contributed by atoms with van der Waals surface area (Å²) < 4.78 is 5.98. The first-order valence-corrected chi connectivity index (χ1v) is 8.32. The average Bonchev–Trinajstić information content (AvgIpc) is 2.81. The van der Waals surface area contributed by atoms with Crippen LogP contribution in [-0.4, -0.2) is 48.6 Å². The van der Waals surface area contributed by atoms with Gasteiger partial charge >= 0.3 is 0 Å². The molecule has 0 saturated carbocycles. The third-order valence-electron chi connectivity index (χ3n) is 4.26. The summed E-state index contributed by atoms with van der Waals surface area (Å²) in [6.07, 6.45) is 2.45. The summed E-state index contributed by atoms with van der Waals surface area (Å²) in [4.78, 5) is 5.04. The molecular weight excluding hydrogens is 262 g/mol. The molecule has 2 heterocycles. The Morgan fingerprint density at radius 1 is 1.29 bits per heavy atom. The standard InChI is InChI=1S/C17H31N3O/c1-5-15-12-19(4)9-6-10-20(15)13-17-8-7-16(21-17)11-18-14(2)3/h7-8,14-15,18H,5-6,9-13H2,1-4H3. The Bertz CT molecular complexity index is 416. The predicted molar refractivity (Wildman–Crippen MR) is 87.3 cm³/mol. The van der Waals surface area contributed by atoms with Crippen LogP contribution in [0.2, 0.25) is 0 Å². The lowest BCUT2D eigenvalue weighted by molar-refractivity contribution is 0.163. The highest BCUT2D eigenvalue weighted by Gasteiger charge is 2.22. The first-order chi connectivity index (χ1) is 10.1. The Morgan fingerprint density at radius 2 is 2.05 bits per heavy atom. The van der Waals surface area contributed by atoms with Crippen molar-refractivity contribution in [2.75, 3.05) is 26.7 Å². The van der Waals surface area contributed by atoms with Gasteiger partial charge in [0.1, 0.15) is 11.5 Å². The van der Waals surface area contributed by atoms with Gasteiger partial charge in [0.05, 0.1) is 13.1 Å². The molecule has 4 nitrogen and oxygen atoms in total. The molecule has 1 saturated heterocycles. The van der Waals surface area contributed by atoms with Crippen molar-refractivity contribution in [3.63, 3.8) is 0 Å². The third kappa shape index (κ3) is 5.13. The Balaban J connectivity index is 1.93. The summed E-state index contributed by atoms with van der Waals surface area (Å²) in [5, 5.41) is 3.40. The second kappa shape index (κ2) is 7.97. The predicted octanol–water partition coefficient (Wildman–Crippen LogP) is 2.69. The smallest absolute Gasteiger partial charge is 0.118 e. The van der Waals surface area contributed by atoms with E-state index in [1.165, 1.54) is 32.5 Å². The van der Waals surface area contributed by atoms with Gasteiger partial charge < -0.3 is 14.6 Å². The molecule has 21 heavy (non-hydrogen) atoms. The SMILES string of the molecule is CCC1CN(C)CCCN1Cc1ccc(CNC(C)C)o1. The number of furan rings is 1. The molecule has 0 aromatic carbocycles. The number of hydrogen-bond donors (Lipinski definition) is 1. The molecule has 1 atom stereocenters. The molecule has 0 aliphatic carbocycles. The number of rotatable bonds is 6. The monoisotopic (exact) mass is 293 g/mol. The molecule has 0 radical (unpaired) electrons. The third-order valence-corrected chi connectivity index (χ3v) is 4.26. The Hall–Kier alpha value is -0.840. The van der Waals surface area contributed by atoms with Gasteiger partial charge in [0, 0.05) is 25.2 Å². The first kappa shape index (κ1) is 16.5. The number of likely N-dealkylation sites (N-methyl/N-ethyl adjacent to an activating group) is 1. The van der Waals surface area contributed by atoms with Crippen molar-refractivity contribution in [1.82, 2.24) is 15.1 Å². The molecule has 1 fully saturated rings.